The molecule has 0 N–H and O–H groups in total. The molecule has 38 heavy (non-hydrogen) atoms. The summed E-state index contributed by atoms with van der Waals surface area (Å²) < 4.78 is 20.8. The third-order valence-corrected chi connectivity index (χ3v) is 5.92. The molecule has 0 spiro atoms. The standard InChI is InChI=1S/C30H54O8/c1-21(19-29(5,6)7)15-17-35-27(33)23(3)37-25(31)13-11-12-14-26(32)38-24(4)28(34)36-18-16-22(2)20-30(8,9)10/h21-24H,11-20H2,1-10H3/t21-,22+,23+,24-. The molecule has 0 bridgehead atoms. The normalized spacial score (nSPS) is 15.1. The number of hydrogen-bond acceptors (Lipinski definition) is 8. The number of carbonyl (C=O) groups excluding carboxylic acids is 4. The summed E-state index contributed by atoms with van der Waals surface area (Å²) in [5.74, 6) is -1.33. The molecule has 0 unspecified atom stereocenters. The van der Waals surface area contributed by atoms with E-state index in [1.54, 1.807) is 0 Å². The van der Waals surface area contributed by atoms with Crippen LogP contribution in [0.4, 0.5) is 0 Å². The van der Waals surface area contributed by atoms with Gasteiger partial charge < -0.3 is 18.9 Å². The molecule has 8 heteroatoms. The zero-order valence-electron chi connectivity index (χ0n) is 25.6. The highest BCUT2D eigenvalue weighted by atomic mass is 16.6. The Balaban J connectivity index is 4.05. The molecule has 0 aliphatic rings. The number of esters is 4. The van der Waals surface area contributed by atoms with Gasteiger partial charge in [-0.1, -0.05) is 55.4 Å². The second-order valence-corrected chi connectivity index (χ2v) is 13.1. The summed E-state index contributed by atoms with van der Waals surface area (Å²) in [4.78, 5) is 48.2. The van der Waals surface area contributed by atoms with Crippen LogP contribution in [0.1, 0.15) is 121 Å². The van der Waals surface area contributed by atoms with E-state index in [2.05, 4.69) is 55.4 Å². The van der Waals surface area contributed by atoms with Gasteiger partial charge in [-0.3, -0.25) is 9.59 Å². The molecule has 0 fully saturated rings. The van der Waals surface area contributed by atoms with Gasteiger partial charge in [0.25, 0.3) is 0 Å². The van der Waals surface area contributed by atoms with E-state index in [4.69, 9.17) is 18.9 Å². The Kier molecular flexibility index (Phi) is 16.5. The lowest BCUT2D eigenvalue weighted by Gasteiger charge is -2.23. The van der Waals surface area contributed by atoms with E-state index in [0.29, 0.717) is 37.9 Å². The monoisotopic (exact) mass is 542 g/mol. The summed E-state index contributed by atoms with van der Waals surface area (Å²) in [5, 5.41) is 0. The van der Waals surface area contributed by atoms with E-state index in [0.717, 1.165) is 25.7 Å². The first-order valence-corrected chi connectivity index (χ1v) is 14.1. The van der Waals surface area contributed by atoms with Crippen molar-refractivity contribution in [3.8, 4) is 0 Å². The maximum Gasteiger partial charge on any atom is 0.347 e. The Bertz CT molecular complexity index is 670. The van der Waals surface area contributed by atoms with Crippen LogP contribution in [0.3, 0.4) is 0 Å². The van der Waals surface area contributed by atoms with Crippen LogP contribution < -0.4 is 0 Å². The molecule has 0 amide bonds. The summed E-state index contributed by atoms with van der Waals surface area (Å²) in [6.45, 7) is 20.9. The van der Waals surface area contributed by atoms with Crippen LogP contribution in [0.15, 0.2) is 0 Å². The number of carbonyl (C=O) groups is 4. The molecule has 0 saturated carbocycles. The van der Waals surface area contributed by atoms with Crippen molar-refractivity contribution < 1.29 is 38.1 Å². The summed E-state index contributed by atoms with van der Waals surface area (Å²) in [5.41, 5.74) is 0.440. The Hall–Kier alpha value is -2.12. The molecule has 0 rings (SSSR count). The molecule has 0 aliphatic carbocycles. The summed E-state index contributed by atoms with van der Waals surface area (Å²) in [7, 11) is 0. The van der Waals surface area contributed by atoms with Crippen molar-refractivity contribution in [3.63, 3.8) is 0 Å². The van der Waals surface area contributed by atoms with Crippen LogP contribution in [0.2, 0.25) is 0 Å². The number of hydrogen-bond donors (Lipinski definition) is 0. The molecular formula is C30H54O8. The summed E-state index contributed by atoms with van der Waals surface area (Å²) in [6.07, 6.45) is 2.54. The van der Waals surface area contributed by atoms with E-state index in [9.17, 15) is 19.2 Å². The van der Waals surface area contributed by atoms with E-state index in [1.807, 2.05) is 0 Å². The molecule has 0 aliphatic heterocycles. The lowest BCUT2D eigenvalue weighted by Crippen LogP contribution is -2.27. The minimum Gasteiger partial charge on any atom is -0.463 e. The van der Waals surface area contributed by atoms with Crippen molar-refractivity contribution in [1.82, 2.24) is 0 Å². The summed E-state index contributed by atoms with van der Waals surface area (Å²) >= 11 is 0. The van der Waals surface area contributed by atoms with Gasteiger partial charge in [0.05, 0.1) is 13.2 Å². The molecule has 0 aromatic heterocycles. The van der Waals surface area contributed by atoms with Gasteiger partial charge in [0.2, 0.25) is 0 Å². The summed E-state index contributed by atoms with van der Waals surface area (Å²) in [6, 6.07) is 0. The van der Waals surface area contributed by atoms with Crippen LogP contribution in [-0.4, -0.2) is 49.3 Å². The van der Waals surface area contributed by atoms with Gasteiger partial charge in [-0.15, -0.1) is 0 Å². The first-order chi connectivity index (χ1) is 17.4. The van der Waals surface area contributed by atoms with Crippen LogP contribution in [-0.2, 0) is 38.1 Å². The van der Waals surface area contributed by atoms with Crippen molar-refractivity contribution >= 4 is 23.9 Å². The highest BCUT2D eigenvalue weighted by Crippen LogP contribution is 2.26. The molecule has 0 radical (unpaired) electrons. The molecule has 222 valence electrons. The second kappa shape index (κ2) is 17.5. The van der Waals surface area contributed by atoms with E-state index in [1.165, 1.54) is 13.8 Å². The smallest absolute Gasteiger partial charge is 0.347 e. The fourth-order valence-corrected chi connectivity index (χ4v) is 4.40. The molecule has 0 aromatic rings. The quantitative estimate of drug-likeness (QED) is 0.118. The average Bonchev–Trinajstić information content (AvgIpc) is 2.73. The number of rotatable bonds is 17. The molecular weight excluding hydrogens is 488 g/mol. The van der Waals surface area contributed by atoms with Crippen molar-refractivity contribution in [2.24, 2.45) is 22.7 Å². The zero-order valence-corrected chi connectivity index (χ0v) is 25.6. The molecule has 8 nitrogen and oxygen atoms in total. The van der Waals surface area contributed by atoms with Gasteiger partial charge >= 0.3 is 23.9 Å². The Morgan fingerprint density at radius 1 is 0.579 bits per heavy atom. The van der Waals surface area contributed by atoms with Crippen LogP contribution in [0, 0.1) is 22.7 Å². The SMILES string of the molecule is C[C@H](CCOC(=O)[C@H](C)OC(=O)CCCCC(=O)O[C@H](C)C(=O)OCC[C@H](C)CC(C)(C)C)CC(C)(C)C. The zero-order chi connectivity index (χ0) is 29.5. The van der Waals surface area contributed by atoms with E-state index >= 15 is 0 Å². The van der Waals surface area contributed by atoms with Crippen molar-refractivity contribution in [2.75, 3.05) is 13.2 Å². The highest BCUT2D eigenvalue weighted by Gasteiger charge is 2.22. The van der Waals surface area contributed by atoms with E-state index < -0.39 is 36.1 Å². The van der Waals surface area contributed by atoms with Gasteiger partial charge in [0.15, 0.2) is 12.2 Å². The fourth-order valence-electron chi connectivity index (χ4n) is 4.40. The fraction of sp³-hybridized carbons (Fsp3) is 0.867. The van der Waals surface area contributed by atoms with Crippen molar-refractivity contribution in [3.05, 3.63) is 0 Å². The Morgan fingerprint density at radius 3 is 1.18 bits per heavy atom. The van der Waals surface area contributed by atoms with Crippen LogP contribution in [0.5, 0.6) is 0 Å². The number of unbranched alkanes of at least 4 members (excludes halogenated alkanes) is 1. The first-order valence-electron chi connectivity index (χ1n) is 14.1. The largest absolute Gasteiger partial charge is 0.463 e. The molecule has 0 saturated heterocycles. The van der Waals surface area contributed by atoms with Gasteiger partial charge in [0.1, 0.15) is 0 Å². The van der Waals surface area contributed by atoms with Crippen LogP contribution in [0.25, 0.3) is 0 Å². The van der Waals surface area contributed by atoms with Crippen LogP contribution >= 0.6 is 0 Å². The lowest BCUT2D eigenvalue weighted by molar-refractivity contribution is -0.167. The average molecular weight is 543 g/mol. The Morgan fingerprint density at radius 2 is 0.895 bits per heavy atom. The number of ether oxygens (including phenoxy) is 4. The van der Waals surface area contributed by atoms with Crippen molar-refractivity contribution in [2.45, 2.75) is 133 Å². The molecule has 0 aromatic carbocycles. The van der Waals surface area contributed by atoms with Gasteiger partial charge in [-0.05, 0) is 75.0 Å². The predicted octanol–water partition coefficient (Wildman–Crippen LogP) is 6.42. The lowest BCUT2D eigenvalue weighted by atomic mass is 9.84. The maximum absolute atomic E-state index is 12.1. The van der Waals surface area contributed by atoms with E-state index in [-0.39, 0.29) is 23.7 Å². The molecule has 4 atom stereocenters. The Labute approximate surface area is 230 Å². The second-order valence-electron chi connectivity index (χ2n) is 13.1. The van der Waals surface area contributed by atoms with Gasteiger partial charge in [-0.2, -0.15) is 0 Å². The predicted molar refractivity (Wildman–Crippen MR) is 147 cm³/mol. The van der Waals surface area contributed by atoms with Gasteiger partial charge in [0, 0.05) is 12.8 Å². The van der Waals surface area contributed by atoms with Crippen molar-refractivity contribution in [1.29, 1.82) is 0 Å². The molecule has 0 heterocycles. The topological polar surface area (TPSA) is 105 Å². The third kappa shape index (κ3) is 19.9. The maximum atomic E-state index is 12.1. The minimum atomic E-state index is -0.978. The third-order valence-electron chi connectivity index (χ3n) is 5.92. The van der Waals surface area contributed by atoms with Gasteiger partial charge in [-0.25, -0.2) is 9.59 Å². The first kappa shape index (κ1) is 35.9. The minimum absolute atomic E-state index is 0.0673. The highest BCUT2D eigenvalue weighted by molar-refractivity contribution is 5.79.